The Balaban J connectivity index is 1.47. The number of pyridine rings is 2. The first-order valence-electron chi connectivity index (χ1n) is 14.2. The molecule has 12 heteroatoms. The molecule has 0 spiro atoms. The van der Waals surface area contributed by atoms with Crippen molar-refractivity contribution in [3.8, 4) is 0 Å². The molecule has 1 aromatic carbocycles. The SMILES string of the molecule is C[Si](C)(C)CCOCn1c(CN(C(=O)c2cccnc2)C2CCN(Cc3ccc(F)cc3)C2=O)cc2nc(Cl)c(F)cc21. The molecule has 43 heavy (non-hydrogen) atoms. The van der Waals surface area contributed by atoms with Crippen LogP contribution in [0.3, 0.4) is 0 Å². The minimum atomic E-state index is -1.35. The number of carbonyl (C=O) groups excluding carboxylic acids is 2. The van der Waals surface area contributed by atoms with Crippen LogP contribution in [0.5, 0.6) is 0 Å². The molecule has 0 N–H and O–H groups in total. The van der Waals surface area contributed by atoms with Gasteiger partial charge in [0.1, 0.15) is 18.6 Å². The molecule has 1 unspecified atom stereocenters. The largest absolute Gasteiger partial charge is 0.361 e. The fourth-order valence-electron chi connectivity index (χ4n) is 5.13. The van der Waals surface area contributed by atoms with Crippen LogP contribution in [0.4, 0.5) is 8.78 Å². The average molecular weight is 626 g/mol. The van der Waals surface area contributed by atoms with Gasteiger partial charge >= 0.3 is 0 Å². The van der Waals surface area contributed by atoms with Gasteiger partial charge in [0.15, 0.2) is 11.0 Å². The van der Waals surface area contributed by atoms with Crippen LogP contribution in [0.2, 0.25) is 30.8 Å². The van der Waals surface area contributed by atoms with Crippen LogP contribution in [-0.2, 0) is 29.4 Å². The summed E-state index contributed by atoms with van der Waals surface area (Å²) in [6.45, 7) is 8.21. The van der Waals surface area contributed by atoms with E-state index in [0.29, 0.717) is 48.4 Å². The van der Waals surface area contributed by atoms with Crippen molar-refractivity contribution in [1.82, 2.24) is 24.3 Å². The Morgan fingerprint density at radius 3 is 2.63 bits per heavy atom. The van der Waals surface area contributed by atoms with Crippen molar-refractivity contribution in [2.24, 2.45) is 0 Å². The zero-order valence-corrected chi connectivity index (χ0v) is 26.2. The quantitative estimate of drug-likeness (QED) is 0.114. The Morgan fingerprint density at radius 1 is 1.16 bits per heavy atom. The second-order valence-corrected chi connectivity index (χ2v) is 17.9. The summed E-state index contributed by atoms with van der Waals surface area (Å²) in [6.07, 6.45) is 3.46. The molecular formula is C31H34ClF2N5O3Si. The second-order valence-electron chi connectivity index (χ2n) is 11.9. The number of aromatic nitrogens is 3. The van der Waals surface area contributed by atoms with Crippen LogP contribution < -0.4 is 0 Å². The minimum absolute atomic E-state index is 0.0432. The minimum Gasteiger partial charge on any atom is -0.361 e. The Morgan fingerprint density at radius 2 is 1.93 bits per heavy atom. The molecule has 1 fully saturated rings. The summed E-state index contributed by atoms with van der Waals surface area (Å²) in [4.78, 5) is 39.2. The molecule has 0 radical (unpaired) electrons. The van der Waals surface area contributed by atoms with Crippen LogP contribution in [0.15, 0.2) is 60.9 Å². The molecule has 1 atom stereocenters. The second kappa shape index (κ2) is 12.9. The van der Waals surface area contributed by atoms with Crippen LogP contribution in [0, 0.1) is 11.6 Å². The van der Waals surface area contributed by atoms with Crippen molar-refractivity contribution >= 4 is 42.5 Å². The van der Waals surface area contributed by atoms with Crippen molar-refractivity contribution < 1.29 is 23.1 Å². The van der Waals surface area contributed by atoms with E-state index in [1.54, 1.807) is 46.0 Å². The standard InChI is InChI=1S/C31H34ClF2N5O3Si/c1-43(2,3)14-13-42-20-39-24(15-26-28(39)16-25(34)29(32)36-26)19-38(30(40)22-5-4-11-35-17-22)27-10-12-37(31(27)41)18-21-6-8-23(33)9-7-21/h4-9,11,15-17,27H,10,12-14,18-20H2,1-3H3. The summed E-state index contributed by atoms with van der Waals surface area (Å²) in [5.74, 6) is -1.57. The summed E-state index contributed by atoms with van der Waals surface area (Å²) < 4.78 is 35.8. The van der Waals surface area contributed by atoms with Gasteiger partial charge in [0.2, 0.25) is 5.91 Å². The Hall–Kier alpha value is -3.67. The molecule has 0 aliphatic carbocycles. The molecule has 0 saturated carbocycles. The van der Waals surface area contributed by atoms with Crippen molar-refractivity contribution in [2.45, 2.75) is 58.0 Å². The number of hydrogen-bond donors (Lipinski definition) is 0. The number of fused-ring (bicyclic) bond motifs is 1. The number of carbonyl (C=O) groups is 2. The van der Waals surface area contributed by atoms with Crippen molar-refractivity contribution in [3.05, 3.63) is 94.5 Å². The summed E-state index contributed by atoms with van der Waals surface area (Å²) in [5, 5.41) is -0.249. The normalized spacial score (nSPS) is 15.4. The number of likely N-dealkylation sites (tertiary alicyclic amines) is 1. The van der Waals surface area contributed by atoms with Crippen LogP contribution in [0.25, 0.3) is 11.0 Å². The third kappa shape index (κ3) is 7.28. The average Bonchev–Trinajstić information content (AvgIpc) is 3.49. The van der Waals surface area contributed by atoms with Gasteiger partial charge in [-0.3, -0.25) is 14.6 Å². The molecule has 8 nitrogen and oxygen atoms in total. The molecule has 0 bridgehead atoms. The van der Waals surface area contributed by atoms with Crippen molar-refractivity contribution in [2.75, 3.05) is 13.2 Å². The van der Waals surface area contributed by atoms with E-state index in [-0.39, 0.29) is 36.1 Å². The molecule has 2 amide bonds. The lowest BCUT2D eigenvalue weighted by molar-refractivity contribution is -0.132. The van der Waals surface area contributed by atoms with Gasteiger partial charge in [0.05, 0.1) is 23.1 Å². The van der Waals surface area contributed by atoms with E-state index in [0.717, 1.165) is 11.6 Å². The lowest BCUT2D eigenvalue weighted by Crippen LogP contribution is -2.45. The maximum Gasteiger partial charge on any atom is 0.256 e. The Kier molecular flexibility index (Phi) is 9.24. The number of nitrogens with zero attached hydrogens (tertiary/aromatic N) is 5. The lowest BCUT2D eigenvalue weighted by Gasteiger charge is -2.29. The third-order valence-corrected chi connectivity index (χ3v) is 9.50. The van der Waals surface area contributed by atoms with Gasteiger partial charge in [-0.15, -0.1) is 0 Å². The van der Waals surface area contributed by atoms with Crippen LogP contribution >= 0.6 is 11.6 Å². The topological polar surface area (TPSA) is 80.6 Å². The van der Waals surface area contributed by atoms with Gasteiger partial charge in [0, 0.05) is 51.9 Å². The van der Waals surface area contributed by atoms with E-state index >= 15 is 0 Å². The molecular weight excluding hydrogens is 592 g/mol. The highest BCUT2D eigenvalue weighted by molar-refractivity contribution is 6.76. The number of amides is 2. The summed E-state index contributed by atoms with van der Waals surface area (Å²) >= 11 is 6.01. The number of hydrogen-bond acceptors (Lipinski definition) is 5. The number of halogens is 3. The molecule has 1 aliphatic heterocycles. The number of ether oxygens (including phenoxy) is 1. The molecule has 4 aromatic rings. The highest BCUT2D eigenvalue weighted by Crippen LogP contribution is 2.28. The fraction of sp³-hybridized carbons (Fsp3) is 0.355. The number of benzene rings is 1. The summed E-state index contributed by atoms with van der Waals surface area (Å²) in [6, 6.07) is 12.6. The molecule has 4 heterocycles. The zero-order chi connectivity index (χ0) is 30.7. The van der Waals surface area contributed by atoms with Gasteiger partial charge < -0.3 is 19.1 Å². The van der Waals surface area contributed by atoms with Crippen LogP contribution in [-0.4, -0.2) is 63.4 Å². The first-order valence-corrected chi connectivity index (χ1v) is 18.2. The highest BCUT2D eigenvalue weighted by Gasteiger charge is 2.39. The first-order chi connectivity index (χ1) is 20.5. The highest BCUT2D eigenvalue weighted by atomic mass is 35.5. The fourth-order valence-corrected chi connectivity index (χ4v) is 6.03. The monoisotopic (exact) mass is 625 g/mol. The van der Waals surface area contributed by atoms with Crippen LogP contribution in [0.1, 0.15) is 28.0 Å². The van der Waals surface area contributed by atoms with Gasteiger partial charge in [0.25, 0.3) is 5.91 Å². The van der Waals surface area contributed by atoms with Crippen molar-refractivity contribution in [3.63, 3.8) is 0 Å². The molecule has 1 aliphatic rings. The smallest absolute Gasteiger partial charge is 0.256 e. The molecule has 226 valence electrons. The van der Waals surface area contributed by atoms with Gasteiger partial charge in [-0.1, -0.05) is 43.4 Å². The van der Waals surface area contributed by atoms with Gasteiger partial charge in [-0.2, -0.15) is 0 Å². The van der Waals surface area contributed by atoms with E-state index in [2.05, 4.69) is 29.6 Å². The zero-order valence-electron chi connectivity index (χ0n) is 24.4. The lowest BCUT2D eigenvalue weighted by atomic mass is 10.1. The predicted molar refractivity (Wildman–Crippen MR) is 163 cm³/mol. The molecule has 5 rings (SSSR count). The van der Waals surface area contributed by atoms with Crippen molar-refractivity contribution in [1.29, 1.82) is 0 Å². The maximum atomic E-state index is 14.6. The summed E-state index contributed by atoms with van der Waals surface area (Å²) in [7, 11) is -1.35. The first kappa shape index (κ1) is 30.8. The molecule has 3 aromatic heterocycles. The van der Waals surface area contributed by atoms with E-state index in [1.165, 1.54) is 29.3 Å². The molecule has 1 saturated heterocycles. The van der Waals surface area contributed by atoms with E-state index < -0.39 is 19.9 Å². The number of rotatable bonds is 11. The Bertz CT molecular complexity index is 1610. The van der Waals surface area contributed by atoms with E-state index in [4.69, 9.17) is 16.3 Å². The Labute approximate surface area is 255 Å². The van der Waals surface area contributed by atoms with E-state index in [9.17, 15) is 18.4 Å². The van der Waals surface area contributed by atoms with Gasteiger partial charge in [-0.25, -0.2) is 13.8 Å². The van der Waals surface area contributed by atoms with Gasteiger partial charge in [-0.05, 0) is 48.4 Å². The van der Waals surface area contributed by atoms with E-state index in [1.807, 2.05) is 0 Å². The third-order valence-electron chi connectivity index (χ3n) is 7.53. The maximum absolute atomic E-state index is 14.6. The summed E-state index contributed by atoms with van der Waals surface area (Å²) in [5.41, 5.74) is 2.70. The predicted octanol–water partition coefficient (Wildman–Crippen LogP) is 6.12.